The minimum atomic E-state index is 0.0179. The molecule has 190 valence electrons. The van der Waals surface area contributed by atoms with Gasteiger partial charge in [0.05, 0.1) is 6.04 Å². The summed E-state index contributed by atoms with van der Waals surface area (Å²) in [6, 6.07) is 19.0. The van der Waals surface area contributed by atoms with Gasteiger partial charge >= 0.3 is 0 Å². The van der Waals surface area contributed by atoms with E-state index in [0.29, 0.717) is 6.42 Å². The first-order chi connectivity index (χ1) is 17.2. The van der Waals surface area contributed by atoms with Gasteiger partial charge in [-0.1, -0.05) is 123 Å². The Kier molecular flexibility index (Phi) is 15.3. The molecule has 2 heteroatoms. The second-order valence-electron chi connectivity index (χ2n) is 9.70. The van der Waals surface area contributed by atoms with Crippen molar-refractivity contribution in [3.8, 4) is 0 Å². The van der Waals surface area contributed by atoms with E-state index in [2.05, 4.69) is 79.9 Å². The quantitative estimate of drug-likeness (QED) is 0.170. The van der Waals surface area contributed by atoms with Gasteiger partial charge in [-0.25, -0.2) is 0 Å². The van der Waals surface area contributed by atoms with Gasteiger partial charge in [0.15, 0.2) is 0 Å². The molecule has 2 aromatic carbocycles. The van der Waals surface area contributed by atoms with Gasteiger partial charge in [-0.05, 0) is 63.0 Å². The van der Waals surface area contributed by atoms with E-state index in [4.69, 9.17) is 0 Å². The van der Waals surface area contributed by atoms with Gasteiger partial charge in [0.1, 0.15) is 0 Å². The fourth-order valence-electron chi connectivity index (χ4n) is 4.26. The van der Waals surface area contributed by atoms with E-state index in [1.165, 1.54) is 68.1 Å². The van der Waals surface area contributed by atoms with Crippen molar-refractivity contribution in [1.82, 2.24) is 5.32 Å². The molecule has 0 fully saturated rings. The molecule has 0 heterocycles. The summed E-state index contributed by atoms with van der Waals surface area (Å²) in [6.45, 7) is 4.35. The van der Waals surface area contributed by atoms with Crippen molar-refractivity contribution in [2.45, 2.75) is 103 Å². The third-order valence-electron chi connectivity index (χ3n) is 6.45. The Labute approximate surface area is 214 Å². The zero-order valence-electron chi connectivity index (χ0n) is 22.2. The first-order valence-corrected chi connectivity index (χ1v) is 13.9. The van der Waals surface area contributed by atoms with Crippen molar-refractivity contribution >= 4 is 5.91 Å². The van der Waals surface area contributed by atoms with Crippen LogP contribution in [0.4, 0.5) is 0 Å². The summed E-state index contributed by atoms with van der Waals surface area (Å²) >= 11 is 0. The number of unbranched alkanes of at least 4 members (excludes halogenated alkanes) is 8. The van der Waals surface area contributed by atoms with Crippen LogP contribution in [0.1, 0.15) is 107 Å². The summed E-state index contributed by atoms with van der Waals surface area (Å²) in [6.07, 6.45) is 23.9. The monoisotopic (exact) mass is 473 g/mol. The minimum absolute atomic E-state index is 0.0179. The van der Waals surface area contributed by atoms with Crippen LogP contribution in [-0.4, -0.2) is 5.91 Å². The molecule has 0 bridgehead atoms. The predicted octanol–water partition coefficient (Wildman–Crippen LogP) is 9.21. The second kappa shape index (κ2) is 18.7. The number of benzene rings is 2. The molecule has 0 aliphatic heterocycles. The number of nitrogens with one attached hydrogen (secondary N) is 1. The topological polar surface area (TPSA) is 29.1 Å². The van der Waals surface area contributed by atoms with Crippen LogP contribution in [0.15, 0.2) is 78.9 Å². The van der Waals surface area contributed by atoms with E-state index in [0.717, 1.165) is 25.7 Å². The van der Waals surface area contributed by atoms with Gasteiger partial charge in [-0.15, -0.1) is 0 Å². The molecule has 2 aromatic rings. The Bertz CT molecular complexity index is 850. The lowest BCUT2D eigenvalue weighted by Crippen LogP contribution is -2.29. The molecule has 0 radical (unpaired) electrons. The van der Waals surface area contributed by atoms with E-state index < -0.39 is 0 Å². The molecule has 2 nitrogen and oxygen atoms in total. The summed E-state index contributed by atoms with van der Waals surface area (Å²) in [5, 5.41) is 3.29. The van der Waals surface area contributed by atoms with E-state index in [-0.39, 0.29) is 11.9 Å². The highest BCUT2D eigenvalue weighted by Gasteiger charge is 2.15. The summed E-state index contributed by atoms with van der Waals surface area (Å²) < 4.78 is 0. The van der Waals surface area contributed by atoms with E-state index in [1.54, 1.807) is 0 Å². The molecule has 0 aromatic heterocycles. The average Bonchev–Trinajstić information content (AvgIpc) is 2.88. The van der Waals surface area contributed by atoms with E-state index >= 15 is 0 Å². The van der Waals surface area contributed by atoms with Crippen LogP contribution in [0, 0.1) is 6.92 Å². The zero-order chi connectivity index (χ0) is 25.0. The minimum Gasteiger partial charge on any atom is -0.349 e. The molecule has 0 saturated heterocycles. The normalized spacial score (nSPS) is 12.4. The number of aryl methyl sites for hydroxylation is 1. The molecule has 1 amide bonds. The van der Waals surface area contributed by atoms with Crippen LogP contribution >= 0.6 is 0 Å². The Morgan fingerprint density at radius 2 is 1.40 bits per heavy atom. The maximum Gasteiger partial charge on any atom is 0.220 e. The fraction of sp³-hybridized carbons (Fsp3) is 0.485. The van der Waals surface area contributed by atoms with Crippen LogP contribution in [0.3, 0.4) is 0 Å². The van der Waals surface area contributed by atoms with E-state index in [1.807, 2.05) is 18.2 Å². The fourth-order valence-corrected chi connectivity index (χ4v) is 4.26. The molecule has 0 aliphatic rings. The molecule has 1 unspecified atom stereocenters. The van der Waals surface area contributed by atoms with Crippen LogP contribution in [0.25, 0.3) is 0 Å². The van der Waals surface area contributed by atoms with Gasteiger partial charge in [0, 0.05) is 6.42 Å². The number of carbonyl (C=O) groups excluding carboxylic acids is 1. The zero-order valence-corrected chi connectivity index (χ0v) is 22.2. The predicted molar refractivity (Wildman–Crippen MR) is 152 cm³/mol. The molecular formula is C33H47NO. The molecule has 1 atom stereocenters. The lowest BCUT2D eigenvalue weighted by molar-refractivity contribution is -0.122. The summed E-state index contributed by atoms with van der Waals surface area (Å²) in [5.74, 6) is 0.164. The van der Waals surface area contributed by atoms with Gasteiger partial charge < -0.3 is 5.32 Å². The SMILES string of the molecule is CCCCCC=CCC=CCCCCCCCC(=O)NC(Cc1ccc(C)cc1)c1ccccc1. The van der Waals surface area contributed by atoms with Crippen molar-refractivity contribution in [2.24, 2.45) is 0 Å². The van der Waals surface area contributed by atoms with Gasteiger partial charge in [-0.3, -0.25) is 4.79 Å². The Morgan fingerprint density at radius 1 is 0.771 bits per heavy atom. The van der Waals surface area contributed by atoms with Gasteiger partial charge in [0.2, 0.25) is 5.91 Å². The number of carbonyl (C=O) groups is 1. The largest absolute Gasteiger partial charge is 0.349 e. The first-order valence-electron chi connectivity index (χ1n) is 13.9. The number of amides is 1. The third kappa shape index (κ3) is 13.8. The lowest BCUT2D eigenvalue weighted by Gasteiger charge is -2.20. The molecular weight excluding hydrogens is 426 g/mol. The van der Waals surface area contributed by atoms with E-state index in [9.17, 15) is 4.79 Å². The molecule has 35 heavy (non-hydrogen) atoms. The molecule has 0 aliphatic carbocycles. The summed E-state index contributed by atoms with van der Waals surface area (Å²) in [5.41, 5.74) is 3.68. The molecule has 1 N–H and O–H groups in total. The summed E-state index contributed by atoms with van der Waals surface area (Å²) in [7, 11) is 0. The molecule has 0 saturated carbocycles. The maximum atomic E-state index is 12.7. The van der Waals surface area contributed by atoms with Crippen molar-refractivity contribution in [2.75, 3.05) is 0 Å². The van der Waals surface area contributed by atoms with Crippen molar-refractivity contribution in [1.29, 1.82) is 0 Å². The highest BCUT2D eigenvalue weighted by molar-refractivity contribution is 5.76. The van der Waals surface area contributed by atoms with Gasteiger partial charge in [-0.2, -0.15) is 0 Å². The highest BCUT2D eigenvalue weighted by atomic mass is 16.1. The number of allylic oxidation sites excluding steroid dienone is 4. The summed E-state index contributed by atoms with van der Waals surface area (Å²) in [4.78, 5) is 12.7. The lowest BCUT2D eigenvalue weighted by atomic mass is 9.98. The second-order valence-corrected chi connectivity index (χ2v) is 9.70. The average molecular weight is 474 g/mol. The maximum absolute atomic E-state index is 12.7. The number of hydrogen-bond acceptors (Lipinski definition) is 1. The number of rotatable bonds is 18. The standard InChI is InChI=1S/C33H47NO/c1-3-4-5-6-7-8-9-10-11-12-13-14-15-16-20-23-33(35)34-32(31-21-18-17-19-22-31)28-30-26-24-29(2)25-27-30/h7-8,10-11,17-19,21-22,24-27,32H,3-6,9,12-16,20,23,28H2,1-2H3,(H,34,35). The smallest absolute Gasteiger partial charge is 0.220 e. The van der Waals surface area contributed by atoms with Gasteiger partial charge in [0.25, 0.3) is 0 Å². The first kappa shape index (κ1) is 28.6. The molecule has 2 rings (SSSR count). The third-order valence-corrected chi connectivity index (χ3v) is 6.45. The highest BCUT2D eigenvalue weighted by Crippen LogP contribution is 2.19. The van der Waals surface area contributed by atoms with Crippen LogP contribution in [0.5, 0.6) is 0 Å². The van der Waals surface area contributed by atoms with Crippen molar-refractivity contribution < 1.29 is 4.79 Å². The van der Waals surface area contributed by atoms with Crippen LogP contribution < -0.4 is 5.32 Å². The van der Waals surface area contributed by atoms with Crippen LogP contribution in [-0.2, 0) is 11.2 Å². The molecule has 0 spiro atoms. The Morgan fingerprint density at radius 3 is 2.09 bits per heavy atom. The number of hydrogen-bond donors (Lipinski definition) is 1. The van der Waals surface area contributed by atoms with Crippen LogP contribution in [0.2, 0.25) is 0 Å². The van der Waals surface area contributed by atoms with Crippen molar-refractivity contribution in [3.63, 3.8) is 0 Å². The Balaban J connectivity index is 1.59. The Hall–Kier alpha value is -2.61. The van der Waals surface area contributed by atoms with Crippen molar-refractivity contribution in [3.05, 3.63) is 95.6 Å².